The molecule has 3 heteroatoms. The minimum Gasteiger partial charge on any atom is -0.337 e. The Balaban J connectivity index is 1.47. The molecule has 3 aromatic rings. The van der Waals surface area contributed by atoms with Gasteiger partial charge in [-0.2, -0.15) is 0 Å². The first kappa shape index (κ1) is 26.4. The molecule has 0 bridgehead atoms. The average molecular weight is 491 g/mol. The van der Waals surface area contributed by atoms with Gasteiger partial charge in [0.15, 0.2) is 0 Å². The molecule has 1 aliphatic heterocycles. The highest BCUT2D eigenvalue weighted by Crippen LogP contribution is 2.26. The molecule has 1 atom stereocenters. The zero-order valence-corrected chi connectivity index (χ0v) is 22.2. The minimum atomic E-state index is 0.132. The van der Waals surface area contributed by atoms with Crippen molar-refractivity contribution in [2.45, 2.75) is 39.3 Å². The average Bonchev–Trinajstić information content (AvgIpc) is 2.91. The van der Waals surface area contributed by atoms with Crippen LogP contribution in [0.2, 0.25) is 0 Å². The fourth-order valence-corrected chi connectivity index (χ4v) is 5.17. The molecule has 4 rings (SSSR count). The van der Waals surface area contributed by atoms with Gasteiger partial charge in [0.25, 0.3) is 0 Å². The second-order valence-corrected chi connectivity index (χ2v) is 10.0. The summed E-state index contributed by atoms with van der Waals surface area (Å²) in [5.41, 5.74) is 8.60. The number of hydrogen-bond donors (Lipinski definition) is 0. The summed E-state index contributed by atoms with van der Waals surface area (Å²) in [4.78, 5) is 17.9. The molecule has 1 unspecified atom stereocenters. The molecule has 0 N–H and O–H groups in total. The molecule has 1 heterocycles. The quantitative estimate of drug-likeness (QED) is 0.304. The van der Waals surface area contributed by atoms with Crippen LogP contribution in [0.1, 0.15) is 28.7 Å². The van der Waals surface area contributed by atoms with Crippen LogP contribution in [0.3, 0.4) is 0 Å². The number of piperazine rings is 1. The Hall–Kier alpha value is -3.69. The topological polar surface area (TPSA) is 23.6 Å². The van der Waals surface area contributed by atoms with Crippen molar-refractivity contribution in [3.8, 4) is 11.1 Å². The van der Waals surface area contributed by atoms with Crippen LogP contribution in [0.5, 0.6) is 0 Å². The Bertz CT molecular complexity index is 1260. The lowest BCUT2D eigenvalue weighted by atomic mass is 9.97. The normalized spacial score (nSPS) is 16.4. The second kappa shape index (κ2) is 12.5. The number of rotatable bonds is 9. The van der Waals surface area contributed by atoms with E-state index in [0.717, 1.165) is 38.2 Å². The second-order valence-electron chi connectivity index (χ2n) is 10.0. The molecule has 0 aliphatic carbocycles. The van der Waals surface area contributed by atoms with E-state index in [9.17, 15) is 4.79 Å². The lowest BCUT2D eigenvalue weighted by molar-refractivity contribution is -0.135. The van der Waals surface area contributed by atoms with Crippen LogP contribution in [0.4, 0.5) is 0 Å². The number of aryl methyl sites for hydroxylation is 2. The zero-order valence-electron chi connectivity index (χ0n) is 22.2. The van der Waals surface area contributed by atoms with Gasteiger partial charge >= 0.3 is 0 Å². The predicted molar refractivity (Wildman–Crippen MR) is 155 cm³/mol. The van der Waals surface area contributed by atoms with Crippen LogP contribution in [0.25, 0.3) is 11.1 Å². The molecule has 0 spiro atoms. The van der Waals surface area contributed by atoms with Crippen molar-refractivity contribution in [2.24, 2.45) is 0 Å². The van der Waals surface area contributed by atoms with Crippen molar-refractivity contribution in [2.75, 3.05) is 19.6 Å². The van der Waals surface area contributed by atoms with E-state index in [-0.39, 0.29) is 11.9 Å². The molecule has 1 amide bonds. The predicted octanol–water partition coefficient (Wildman–Crippen LogP) is 6.91. The van der Waals surface area contributed by atoms with Gasteiger partial charge in [-0.3, -0.25) is 9.69 Å². The number of carbonyl (C=O) groups is 1. The van der Waals surface area contributed by atoms with Gasteiger partial charge in [-0.25, -0.2) is 0 Å². The van der Waals surface area contributed by atoms with Crippen LogP contribution in [0.15, 0.2) is 110 Å². The van der Waals surface area contributed by atoms with E-state index in [2.05, 4.69) is 104 Å². The minimum absolute atomic E-state index is 0.132. The molecule has 1 saturated heterocycles. The van der Waals surface area contributed by atoms with Gasteiger partial charge < -0.3 is 4.90 Å². The monoisotopic (exact) mass is 490 g/mol. The third-order valence-corrected chi connectivity index (χ3v) is 7.22. The lowest BCUT2D eigenvalue weighted by Gasteiger charge is -2.42. The number of nitrogens with zero attached hydrogens (tertiary/aromatic N) is 2. The fraction of sp³-hybridized carbons (Fsp3) is 0.265. The molecular weight excluding hydrogens is 452 g/mol. The zero-order chi connectivity index (χ0) is 26.2. The van der Waals surface area contributed by atoms with Crippen LogP contribution in [-0.4, -0.2) is 41.4 Å². The summed E-state index contributed by atoms with van der Waals surface area (Å²) in [6, 6.07) is 26.2. The van der Waals surface area contributed by atoms with Gasteiger partial charge in [0, 0.05) is 32.2 Å². The standard InChI is InChI=1S/C34H38N2O/c1-5-10-28(6-2)23-34(37)36-20-19-35(25-32(36)22-29-11-8-7-9-12-29)24-30-15-17-31(18-16-30)33-21-26(3)13-14-27(33)4/h5-18,21,32H,1-2,19-20,22-25H2,3-4H3/b28-10+. The fourth-order valence-electron chi connectivity index (χ4n) is 5.17. The maximum absolute atomic E-state index is 13.3. The van der Waals surface area contributed by atoms with Gasteiger partial charge in [0.2, 0.25) is 5.91 Å². The summed E-state index contributed by atoms with van der Waals surface area (Å²) in [6.45, 7) is 15.3. The van der Waals surface area contributed by atoms with Crippen LogP contribution in [0, 0.1) is 13.8 Å². The molecule has 0 radical (unpaired) electrons. The molecule has 3 aromatic carbocycles. The van der Waals surface area contributed by atoms with Crippen molar-refractivity contribution >= 4 is 5.91 Å². The van der Waals surface area contributed by atoms with Crippen molar-refractivity contribution in [1.29, 1.82) is 0 Å². The summed E-state index contributed by atoms with van der Waals surface area (Å²) in [7, 11) is 0. The van der Waals surface area contributed by atoms with Crippen molar-refractivity contribution in [3.05, 3.63) is 132 Å². The van der Waals surface area contributed by atoms with Crippen LogP contribution in [-0.2, 0) is 17.8 Å². The Morgan fingerprint density at radius 3 is 2.41 bits per heavy atom. The lowest BCUT2D eigenvalue weighted by Crippen LogP contribution is -2.55. The first-order chi connectivity index (χ1) is 18.0. The highest BCUT2D eigenvalue weighted by Gasteiger charge is 2.30. The van der Waals surface area contributed by atoms with E-state index in [0.29, 0.717) is 6.42 Å². The van der Waals surface area contributed by atoms with Gasteiger partial charge in [0.1, 0.15) is 0 Å². The molecule has 190 valence electrons. The van der Waals surface area contributed by atoms with E-state index in [1.807, 2.05) is 12.1 Å². The summed E-state index contributed by atoms with van der Waals surface area (Å²) in [5.74, 6) is 0.159. The Morgan fingerprint density at radius 2 is 1.70 bits per heavy atom. The highest BCUT2D eigenvalue weighted by atomic mass is 16.2. The first-order valence-corrected chi connectivity index (χ1v) is 13.1. The number of carbonyl (C=O) groups excluding carboxylic acids is 1. The summed E-state index contributed by atoms with van der Waals surface area (Å²) >= 11 is 0. The maximum Gasteiger partial charge on any atom is 0.227 e. The summed E-state index contributed by atoms with van der Waals surface area (Å²) < 4.78 is 0. The SMILES string of the molecule is C=C/C=C(\C=C)CC(=O)N1CCN(Cc2ccc(-c3cc(C)ccc3C)cc2)CC1Cc1ccccc1. The third kappa shape index (κ3) is 6.96. The van der Waals surface area contributed by atoms with Crippen molar-refractivity contribution in [3.63, 3.8) is 0 Å². The van der Waals surface area contributed by atoms with Gasteiger partial charge in [0.05, 0.1) is 6.42 Å². The van der Waals surface area contributed by atoms with Gasteiger partial charge in [-0.1, -0.05) is 110 Å². The number of benzene rings is 3. The number of allylic oxidation sites excluding steroid dienone is 3. The Labute approximate surface area is 222 Å². The molecule has 1 fully saturated rings. The Kier molecular flexibility index (Phi) is 8.92. The highest BCUT2D eigenvalue weighted by molar-refractivity contribution is 5.80. The van der Waals surface area contributed by atoms with E-state index in [1.54, 1.807) is 12.2 Å². The van der Waals surface area contributed by atoms with Crippen molar-refractivity contribution < 1.29 is 4.79 Å². The third-order valence-electron chi connectivity index (χ3n) is 7.22. The molecule has 0 aromatic heterocycles. The molecule has 37 heavy (non-hydrogen) atoms. The van der Waals surface area contributed by atoms with Crippen LogP contribution < -0.4 is 0 Å². The van der Waals surface area contributed by atoms with Gasteiger partial charge in [-0.15, -0.1) is 0 Å². The number of amides is 1. The van der Waals surface area contributed by atoms with E-state index in [1.165, 1.54) is 33.4 Å². The molecule has 3 nitrogen and oxygen atoms in total. The van der Waals surface area contributed by atoms with Crippen LogP contribution >= 0.6 is 0 Å². The number of hydrogen-bond acceptors (Lipinski definition) is 2. The summed E-state index contributed by atoms with van der Waals surface area (Å²) in [6.07, 6.45) is 6.55. The maximum atomic E-state index is 13.3. The van der Waals surface area contributed by atoms with E-state index < -0.39 is 0 Å². The van der Waals surface area contributed by atoms with E-state index >= 15 is 0 Å². The molecule has 0 saturated carbocycles. The largest absolute Gasteiger partial charge is 0.337 e. The van der Waals surface area contributed by atoms with E-state index in [4.69, 9.17) is 0 Å². The Morgan fingerprint density at radius 1 is 0.946 bits per heavy atom. The van der Waals surface area contributed by atoms with Gasteiger partial charge in [-0.05, 0) is 53.7 Å². The van der Waals surface area contributed by atoms with Crippen molar-refractivity contribution in [1.82, 2.24) is 9.80 Å². The molecule has 1 aliphatic rings. The molecular formula is C34H38N2O. The first-order valence-electron chi connectivity index (χ1n) is 13.1. The summed E-state index contributed by atoms with van der Waals surface area (Å²) in [5, 5.41) is 0. The smallest absolute Gasteiger partial charge is 0.227 e.